The molecule has 0 saturated heterocycles. The number of rotatable bonds is 9. The molecule has 0 amide bonds. The minimum Gasteiger partial charge on any atom is -0.475 e. The van der Waals surface area contributed by atoms with Crippen molar-refractivity contribution in [3.8, 4) is 5.88 Å². The predicted molar refractivity (Wildman–Crippen MR) is 85.0 cm³/mol. The molecule has 2 heterocycles. The fourth-order valence-electron chi connectivity index (χ4n) is 1.89. The molecule has 6 nitrogen and oxygen atoms in total. The first-order valence-electron chi connectivity index (χ1n) is 7.45. The number of pyridine rings is 1. The summed E-state index contributed by atoms with van der Waals surface area (Å²) in [5.41, 5.74) is 0.958. The van der Waals surface area contributed by atoms with Crippen molar-refractivity contribution in [1.29, 1.82) is 0 Å². The second-order valence-electron chi connectivity index (χ2n) is 4.77. The summed E-state index contributed by atoms with van der Waals surface area (Å²) in [5.74, 6) is 2.09. The molecule has 2 rings (SSSR count). The number of methoxy groups -OCH3 is 1. The average molecular weight is 302 g/mol. The van der Waals surface area contributed by atoms with Crippen LogP contribution in [0.3, 0.4) is 0 Å². The van der Waals surface area contributed by atoms with Crippen molar-refractivity contribution in [2.24, 2.45) is 0 Å². The van der Waals surface area contributed by atoms with Gasteiger partial charge in [-0.3, -0.25) is 4.98 Å². The van der Waals surface area contributed by atoms with E-state index in [4.69, 9.17) is 9.47 Å². The Labute approximate surface area is 130 Å². The molecule has 0 unspecified atom stereocenters. The van der Waals surface area contributed by atoms with Gasteiger partial charge in [-0.2, -0.15) is 4.98 Å². The van der Waals surface area contributed by atoms with Gasteiger partial charge in [0.2, 0.25) is 5.88 Å². The van der Waals surface area contributed by atoms with Gasteiger partial charge in [-0.15, -0.1) is 0 Å². The van der Waals surface area contributed by atoms with E-state index in [2.05, 4.69) is 27.2 Å². The smallest absolute Gasteiger partial charge is 0.218 e. The fourth-order valence-corrected chi connectivity index (χ4v) is 1.89. The largest absolute Gasteiger partial charge is 0.475 e. The van der Waals surface area contributed by atoms with Crippen LogP contribution in [0.5, 0.6) is 5.88 Å². The number of nitrogens with zero attached hydrogens (tertiary/aromatic N) is 3. The van der Waals surface area contributed by atoms with E-state index in [1.807, 2.05) is 18.2 Å². The molecule has 6 heteroatoms. The van der Waals surface area contributed by atoms with Crippen molar-refractivity contribution in [1.82, 2.24) is 15.0 Å². The highest BCUT2D eigenvalue weighted by Crippen LogP contribution is 2.15. The van der Waals surface area contributed by atoms with E-state index in [0.717, 1.165) is 30.2 Å². The monoisotopic (exact) mass is 302 g/mol. The van der Waals surface area contributed by atoms with Crippen molar-refractivity contribution < 1.29 is 9.47 Å². The van der Waals surface area contributed by atoms with Crippen LogP contribution in [0.15, 0.2) is 30.5 Å². The second kappa shape index (κ2) is 8.94. The fraction of sp³-hybridized carbons (Fsp3) is 0.438. The highest BCUT2D eigenvalue weighted by molar-refractivity contribution is 5.39. The topological polar surface area (TPSA) is 69.2 Å². The van der Waals surface area contributed by atoms with Gasteiger partial charge in [-0.25, -0.2) is 4.98 Å². The van der Waals surface area contributed by atoms with Crippen LogP contribution in [0.2, 0.25) is 0 Å². The molecule has 2 aromatic heterocycles. The third-order valence-corrected chi connectivity index (χ3v) is 2.94. The van der Waals surface area contributed by atoms with Crippen LogP contribution in [-0.4, -0.2) is 35.3 Å². The molecule has 1 N–H and O–H groups in total. The van der Waals surface area contributed by atoms with Crippen LogP contribution in [0.4, 0.5) is 5.82 Å². The maximum Gasteiger partial charge on any atom is 0.218 e. The first kappa shape index (κ1) is 16.2. The lowest BCUT2D eigenvalue weighted by Gasteiger charge is -2.10. The minimum absolute atomic E-state index is 0.471. The zero-order chi connectivity index (χ0) is 15.6. The lowest BCUT2D eigenvalue weighted by molar-refractivity contribution is 0.143. The van der Waals surface area contributed by atoms with Gasteiger partial charge >= 0.3 is 0 Å². The summed E-state index contributed by atoms with van der Waals surface area (Å²) in [4.78, 5) is 13.2. The van der Waals surface area contributed by atoms with E-state index in [-0.39, 0.29) is 0 Å². The molecule has 0 spiro atoms. The van der Waals surface area contributed by atoms with E-state index < -0.39 is 0 Å². The Morgan fingerprint density at radius 3 is 2.82 bits per heavy atom. The molecule has 0 aromatic carbocycles. The Balaban J connectivity index is 2.04. The SMILES string of the molecule is CCCc1nc(NCc2ccccn2)cc(OCCOC)n1. The number of aromatic nitrogens is 3. The Bertz CT molecular complexity index is 563. The minimum atomic E-state index is 0.471. The van der Waals surface area contributed by atoms with Crippen LogP contribution in [0.1, 0.15) is 24.9 Å². The van der Waals surface area contributed by atoms with Crippen molar-refractivity contribution >= 4 is 5.82 Å². The molecule has 0 radical (unpaired) electrons. The molecule has 0 bridgehead atoms. The molecular weight excluding hydrogens is 280 g/mol. The summed E-state index contributed by atoms with van der Waals surface area (Å²) in [6.45, 7) is 3.71. The molecule has 118 valence electrons. The van der Waals surface area contributed by atoms with Gasteiger partial charge in [0.15, 0.2) is 0 Å². The first-order chi connectivity index (χ1) is 10.8. The molecule has 0 atom stereocenters. The van der Waals surface area contributed by atoms with Gasteiger partial charge in [0.05, 0.1) is 18.8 Å². The first-order valence-corrected chi connectivity index (χ1v) is 7.45. The van der Waals surface area contributed by atoms with Crippen molar-refractivity contribution in [3.05, 3.63) is 42.0 Å². The molecule has 0 aliphatic carbocycles. The molecule has 0 aliphatic heterocycles. The Morgan fingerprint density at radius 1 is 1.18 bits per heavy atom. The van der Waals surface area contributed by atoms with Crippen molar-refractivity contribution in [3.63, 3.8) is 0 Å². The molecule has 0 aliphatic rings. The summed E-state index contributed by atoms with van der Waals surface area (Å²) in [7, 11) is 1.64. The molecule has 22 heavy (non-hydrogen) atoms. The van der Waals surface area contributed by atoms with Crippen LogP contribution in [0.25, 0.3) is 0 Å². The lowest BCUT2D eigenvalue weighted by Crippen LogP contribution is -2.09. The van der Waals surface area contributed by atoms with Gasteiger partial charge in [0.1, 0.15) is 18.2 Å². The van der Waals surface area contributed by atoms with Gasteiger partial charge < -0.3 is 14.8 Å². The highest BCUT2D eigenvalue weighted by atomic mass is 16.5. The Hall–Kier alpha value is -2.21. The number of nitrogens with one attached hydrogen (secondary N) is 1. The van der Waals surface area contributed by atoms with E-state index >= 15 is 0 Å². The van der Waals surface area contributed by atoms with E-state index in [1.165, 1.54) is 0 Å². The molecular formula is C16H22N4O2. The summed E-state index contributed by atoms with van der Waals surface area (Å²) in [6, 6.07) is 7.63. The lowest BCUT2D eigenvalue weighted by atomic mass is 10.3. The van der Waals surface area contributed by atoms with E-state index in [9.17, 15) is 0 Å². The summed E-state index contributed by atoms with van der Waals surface area (Å²) in [6.07, 6.45) is 3.58. The summed E-state index contributed by atoms with van der Waals surface area (Å²) < 4.78 is 10.6. The van der Waals surface area contributed by atoms with Crippen LogP contribution >= 0.6 is 0 Å². The van der Waals surface area contributed by atoms with E-state index in [1.54, 1.807) is 19.4 Å². The van der Waals surface area contributed by atoms with Gasteiger partial charge in [0, 0.05) is 25.8 Å². The van der Waals surface area contributed by atoms with Crippen molar-refractivity contribution in [2.75, 3.05) is 25.6 Å². The van der Waals surface area contributed by atoms with Crippen molar-refractivity contribution in [2.45, 2.75) is 26.3 Å². The zero-order valence-electron chi connectivity index (χ0n) is 13.1. The zero-order valence-corrected chi connectivity index (χ0v) is 13.1. The quantitative estimate of drug-likeness (QED) is 0.718. The summed E-state index contributed by atoms with van der Waals surface area (Å²) >= 11 is 0. The van der Waals surface area contributed by atoms with Crippen LogP contribution < -0.4 is 10.1 Å². The molecule has 0 fully saturated rings. The predicted octanol–water partition coefficient (Wildman–Crippen LogP) is 2.46. The number of hydrogen-bond donors (Lipinski definition) is 1. The number of aryl methyl sites for hydroxylation is 1. The number of hydrogen-bond acceptors (Lipinski definition) is 6. The van der Waals surface area contributed by atoms with Gasteiger partial charge in [-0.05, 0) is 18.6 Å². The molecule has 0 saturated carbocycles. The maximum atomic E-state index is 5.59. The number of ether oxygens (including phenoxy) is 2. The normalized spacial score (nSPS) is 10.5. The summed E-state index contributed by atoms with van der Waals surface area (Å²) in [5, 5.41) is 3.27. The Morgan fingerprint density at radius 2 is 2.09 bits per heavy atom. The third-order valence-electron chi connectivity index (χ3n) is 2.94. The molecule has 2 aromatic rings. The van der Waals surface area contributed by atoms with Gasteiger partial charge in [0.25, 0.3) is 0 Å². The highest BCUT2D eigenvalue weighted by Gasteiger charge is 2.06. The van der Waals surface area contributed by atoms with Crippen LogP contribution in [0, 0.1) is 0 Å². The second-order valence-corrected chi connectivity index (χ2v) is 4.77. The number of anilines is 1. The van der Waals surface area contributed by atoms with E-state index in [0.29, 0.717) is 25.6 Å². The third kappa shape index (κ3) is 5.29. The average Bonchev–Trinajstić information content (AvgIpc) is 2.54. The van der Waals surface area contributed by atoms with Crippen LogP contribution in [-0.2, 0) is 17.7 Å². The standard InChI is InChI=1S/C16H22N4O2/c1-3-6-14-19-15(11-16(20-14)22-10-9-21-2)18-12-13-7-4-5-8-17-13/h4-5,7-8,11H,3,6,9-10,12H2,1-2H3,(H,18,19,20). The Kier molecular flexibility index (Phi) is 6.57. The van der Waals surface area contributed by atoms with Gasteiger partial charge in [-0.1, -0.05) is 13.0 Å². The maximum absolute atomic E-state index is 5.59.